The molecule has 4 heteroatoms. The SMILES string of the molecule is C=CCCCC(C)CC(=O)C(C)CC(=O)C(C)CC(=O)CCC(=O)CC(=C)C. The van der Waals surface area contributed by atoms with E-state index in [1.54, 1.807) is 20.8 Å². The van der Waals surface area contributed by atoms with Gasteiger partial charge in [-0.3, -0.25) is 19.2 Å². The molecule has 0 aliphatic rings. The van der Waals surface area contributed by atoms with E-state index in [0.29, 0.717) is 18.8 Å². The van der Waals surface area contributed by atoms with E-state index >= 15 is 0 Å². The van der Waals surface area contributed by atoms with Crippen LogP contribution in [0.2, 0.25) is 0 Å². The van der Waals surface area contributed by atoms with Gasteiger partial charge in [0.15, 0.2) is 0 Å². The fraction of sp³-hybridized carbons (Fsp3) is 0.667. The molecule has 0 saturated heterocycles. The highest BCUT2D eigenvalue weighted by molar-refractivity contribution is 5.92. The summed E-state index contributed by atoms with van der Waals surface area (Å²) in [5.74, 6) is -0.439. The average molecular weight is 391 g/mol. The van der Waals surface area contributed by atoms with E-state index in [-0.39, 0.29) is 54.7 Å². The van der Waals surface area contributed by atoms with Crippen LogP contribution >= 0.6 is 0 Å². The first kappa shape index (κ1) is 26.2. The van der Waals surface area contributed by atoms with Crippen LogP contribution in [-0.2, 0) is 19.2 Å². The molecule has 3 atom stereocenters. The molecular weight excluding hydrogens is 352 g/mol. The average Bonchev–Trinajstić information content (AvgIpc) is 2.59. The van der Waals surface area contributed by atoms with Gasteiger partial charge in [-0.05, 0) is 32.1 Å². The number of allylic oxidation sites excluding steroid dienone is 2. The largest absolute Gasteiger partial charge is 0.300 e. The normalized spacial score (nSPS) is 14.0. The van der Waals surface area contributed by atoms with Crippen LogP contribution in [0.25, 0.3) is 0 Å². The first-order valence-electron chi connectivity index (χ1n) is 10.4. The molecule has 3 unspecified atom stereocenters. The van der Waals surface area contributed by atoms with Gasteiger partial charge in [-0.2, -0.15) is 0 Å². The number of hydrogen-bond acceptors (Lipinski definition) is 4. The first-order valence-corrected chi connectivity index (χ1v) is 10.4. The molecule has 0 rings (SSSR count). The molecule has 0 aromatic carbocycles. The molecule has 0 aromatic rings. The molecule has 0 saturated carbocycles. The summed E-state index contributed by atoms with van der Waals surface area (Å²) in [7, 11) is 0. The lowest BCUT2D eigenvalue weighted by atomic mass is 9.87. The Labute approximate surface area is 170 Å². The Morgan fingerprint density at radius 3 is 1.96 bits per heavy atom. The standard InChI is InChI=1S/C24H38O4/c1-7-8-9-10-18(4)14-23(27)20(6)16-24(28)19(5)15-22(26)12-11-21(25)13-17(2)3/h7,18-20H,1-2,8-16H2,3-6H3. The lowest BCUT2D eigenvalue weighted by molar-refractivity contribution is -0.131. The summed E-state index contributed by atoms with van der Waals surface area (Å²) < 4.78 is 0. The maximum atomic E-state index is 12.4. The van der Waals surface area contributed by atoms with Crippen molar-refractivity contribution in [3.63, 3.8) is 0 Å². The highest BCUT2D eigenvalue weighted by Gasteiger charge is 2.23. The van der Waals surface area contributed by atoms with E-state index in [9.17, 15) is 19.2 Å². The van der Waals surface area contributed by atoms with Crippen LogP contribution in [0.1, 0.15) is 85.5 Å². The molecule has 0 bridgehead atoms. The van der Waals surface area contributed by atoms with Crippen LogP contribution in [0.3, 0.4) is 0 Å². The van der Waals surface area contributed by atoms with Gasteiger partial charge in [-0.15, -0.1) is 6.58 Å². The fourth-order valence-corrected chi connectivity index (χ4v) is 3.14. The van der Waals surface area contributed by atoms with Crippen molar-refractivity contribution < 1.29 is 19.2 Å². The second-order valence-electron chi connectivity index (χ2n) is 8.38. The Hall–Kier alpha value is -1.84. The van der Waals surface area contributed by atoms with Crippen LogP contribution in [-0.4, -0.2) is 23.1 Å². The molecule has 4 nitrogen and oxygen atoms in total. The smallest absolute Gasteiger partial charge is 0.137 e. The van der Waals surface area contributed by atoms with Crippen LogP contribution in [0.4, 0.5) is 0 Å². The van der Waals surface area contributed by atoms with E-state index in [4.69, 9.17) is 0 Å². The summed E-state index contributed by atoms with van der Waals surface area (Å²) in [5, 5.41) is 0. The lowest BCUT2D eigenvalue weighted by Gasteiger charge is -2.16. The quantitative estimate of drug-likeness (QED) is 0.245. The molecule has 158 valence electrons. The van der Waals surface area contributed by atoms with Crippen molar-refractivity contribution >= 4 is 23.1 Å². The maximum absolute atomic E-state index is 12.4. The van der Waals surface area contributed by atoms with Crippen LogP contribution in [0, 0.1) is 17.8 Å². The first-order chi connectivity index (χ1) is 13.1. The minimum absolute atomic E-state index is 0.00117. The van der Waals surface area contributed by atoms with Crippen LogP contribution < -0.4 is 0 Å². The third-order valence-corrected chi connectivity index (χ3v) is 4.98. The zero-order chi connectivity index (χ0) is 21.7. The Bertz CT molecular complexity index is 573. The molecule has 0 N–H and O–H groups in total. The van der Waals surface area contributed by atoms with Crippen molar-refractivity contribution in [3.05, 3.63) is 24.8 Å². The van der Waals surface area contributed by atoms with E-state index in [2.05, 4.69) is 20.1 Å². The number of carbonyl (C=O) groups excluding carboxylic acids is 4. The van der Waals surface area contributed by atoms with Gasteiger partial charge in [0.2, 0.25) is 0 Å². The Balaban J connectivity index is 4.28. The van der Waals surface area contributed by atoms with E-state index in [0.717, 1.165) is 24.8 Å². The highest BCUT2D eigenvalue weighted by Crippen LogP contribution is 2.19. The van der Waals surface area contributed by atoms with Gasteiger partial charge in [-0.1, -0.05) is 39.0 Å². The van der Waals surface area contributed by atoms with Crippen molar-refractivity contribution in [3.8, 4) is 0 Å². The van der Waals surface area contributed by atoms with Gasteiger partial charge in [0, 0.05) is 50.4 Å². The molecule has 0 spiro atoms. The molecule has 0 radical (unpaired) electrons. The Morgan fingerprint density at radius 2 is 1.39 bits per heavy atom. The number of carbonyl (C=O) groups is 4. The summed E-state index contributed by atoms with van der Waals surface area (Å²) in [6.45, 7) is 14.8. The van der Waals surface area contributed by atoms with E-state index < -0.39 is 5.92 Å². The second-order valence-corrected chi connectivity index (χ2v) is 8.38. The second kappa shape index (κ2) is 14.2. The lowest BCUT2D eigenvalue weighted by Crippen LogP contribution is -2.22. The number of hydrogen-bond donors (Lipinski definition) is 0. The molecule has 0 heterocycles. The monoisotopic (exact) mass is 390 g/mol. The number of rotatable bonds is 17. The molecule has 0 aliphatic heterocycles. The minimum Gasteiger partial charge on any atom is -0.300 e. The molecular formula is C24H38O4. The van der Waals surface area contributed by atoms with Gasteiger partial charge in [0.1, 0.15) is 23.1 Å². The van der Waals surface area contributed by atoms with Gasteiger partial charge in [0.25, 0.3) is 0 Å². The van der Waals surface area contributed by atoms with Gasteiger partial charge in [-0.25, -0.2) is 0 Å². The Kier molecular flexibility index (Phi) is 13.3. The summed E-state index contributed by atoms with van der Waals surface area (Å²) in [4.78, 5) is 48.4. The van der Waals surface area contributed by atoms with Crippen molar-refractivity contribution in [1.29, 1.82) is 0 Å². The number of unbranched alkanes of at least 4 members (excludes halogenated alkanes) is 1. The fourth-order valence-electron chi connectivity index (χ4n) is 3.14. The zero-order valence-corrected chi connectivity index (χ0v) is 18.2. The Morgan fingerprint density at radius 1 is 0.857 bits per heavy atom. The third kappa shape index (κ3) is 12.5. The van der Waals surface area contributed by atoms with Crippen molar-refractivity contribution in [2.24, 2.45) is 17.8 Å². The van der Waals surface area contributed by atoms with Gasteiger partial charge in [0.05, 0.1) is 0 Å². The molecule has 0 aromatic heterocycles. The molecule has 0 amide bonds. The van der Waals surface area contributed by atoms with Crippen molar-refractivity contribution in [1.82, 2.24) is 0 Å². The summed E-state index contributed by atoms with van der Waals surface area (Å²) in [6.07, 6.45) is 6.32. The highest BCUT2D eigenvalue weighted by atomic mass is 16.1. The third-order valence-electron chi connectivity index (χ3n) is 4.98. The predicted molar refractivity (Wildman–Crippen MR) is 114 cm³/mol. The van der Waals surface area contributed by atoms with Crippen molar-refractivity contribution in [2.75, 3.05) is 0 Å². The summed E-state index contributed by atoms with van der Waals surface area (Å²) in [6, 6.07) is 0. The van der Waals surface area contributed by atoms with E-state index in [1.165, 1.54) is 0 Å². The molecule has 0 aliphatic carbocycles. The number of ketones is 4. The van der Waals surface area contributed by atoms with Crippen LogP contribution in [0.5, 0.6) is 0 Å². The van der Waals surface area contributed by atoms with Crippen LogP contribution in [0.15, 0.2) is 24.8 Å². The maximum Gasteiger partial charge on any atom is 0.137 e. The van der Waals surface area contributed by atoms with E-state index in [1.807, 2.05) is 6.08 Å². The van der Waals surface area contributed by atoms with Gasteiger partial charge < -0.3 is 0 Å². The zero-order valence-electron chi connectivity index (χ0n) is 18.2. The topological polar surface area (TPSA) is 68.3 Å². The number of Topliss-reactive ketones (excluding diaryl/α,β-unsaturated/α-hetero) is 4. The molecule has 0 fully saturated rings. The summed E-state index contributed by atoms with van der Waals surface area (Å²) >= 11 is 0. The summed E-state index contributed by atoms with van der Waals surface area (Å²) in [5.41, 5.74) is 0.787. The minimum atomic E-state index is -0.413. The molecule has 28 heavy (non-hydrogen) atoms. The van der Waals surface area contributed by atoms with Gasteiger partial charge >= 0.3 is 0 Å². The predicted octanol–water partition coefficient (Wildman–Crippen LogP) is 5.44. The van der Waals surface area contributed by atoms with Crippen molar-refractivity contribution in [2.45, 2.75) is 85.5 Å².